The molecule has 0 amide bonds. The normalized spacial score (nSPS) is 40.4. The zero-order valence-corrected chi connectivity index (χ0v) is 10.4. The minimum absolute atomic E-state index is 0.480. The van der Waals surface area contributed by atoms with Crippen LogP contribution in [-0.4, -0.2) is 12.2 Å². The second-order valence-electron chi connectivity index (χ2n) is 5.16. The fourth-order valence-corrected chi connectivity index (χ4v) is 2.89. The third-order valence-electron chi connectivity index (χ3n) is 3.72. The van der Waals surface area contributed by atoms with Crippen LogP contribution in [0.15, 0.2) is 24.3 Å². The molecule has 1 heterocycles. The third kappa shape index (κ3) is 3.48. The minimum atomic E-state index is 0.480. The lowest BCUT2D eigenvalue weighted by molar-refractivity contribution is 0.0382. The predicted molar refractivity (Wildman–Crippen MR) is 68.4 cm³/mol. The highest BCUT2D eigenvalue weighted by Crippen LogP contribution is 2.32. The van der Waals surface area contributed by atoms with E-state index in [1.807, 2.05) is 0 Å². The van der Waals surface area contributed by atoms with Gasteiger partial charge in [-0.05, 0) is 57.8 Å². The lowest BCUT2D eigenvalue weighted by atomic mass is 9.91. The molecule has 0 radical (unpaired) electrons. The molecular weight excluding hydrogens is 196 g/mol. The molecule has 1 saturated heterocycles. The van der Waals surface area contributed by atoms with Gasteiger partial charge in [0.05, 0.1) is 12.2 Å². The van der Waals surface area contributed by atoms with Crippen LogP contribution in [0.2, 0.25) is 0 Å². The van der Waals surface area contributed by atoms with E-state index in [9.17, 15) is 0 Å². The average Bonchev–Trinajstić information content (AvgIpc) is 2.59. The first-order valence-corrected chi connectivity index (χ1v) is 6.81. The van der Waals surface area contributed by atoms with E-state index in [0.29, 0.717) is 12.2 Å². The maximum atomic E-state index is 6.01. The number of hydrogen-bond donors (Lipinski definition) is 0. The van der Waals surface area contributed by atoms with Crippen LogP contribution in [0.3, 0.4) is 0 Å². The van der Waals surface area contributed by atoms with Crippen molar-refractivity contribution < 1.29 is 4.74 Å². The van der Waals surface area contributed by atoms with E-state index in [-0.39, 0.29) is 0 Å². The smallest absolute Gasteiger partial charge is 0.0610 e. The van der Waals surface area contributed by atoms with Crippen molar-refractivity contribution in [3.63, 3.8) is 0 Å². The van der Waals surface area contributed by atoms with Crippen molar-refractivity contribution in [2.45, 2.75) is 64.1 Å². The maximum Gasteiger partial charge on any atom is 0.0610 e. The van der Waals surface area contributed by atoms with Gasteiger partial charge in [0.1, 0.15) is 0 Å². The molecule has 90 valence electrons. The molecule has 3 atom stereocenters. The van der Waals surface area contributed by atoms with Crippen molar-refractivity contribution in [3.05, 3.63) is 24.3 Å². The zero-order chi connectivity index (χ0) is 11.2. The van der Waals surface area contributed by atoms with E-state index in [1.165, 1.54) is 44.9 Å². The van der Waals surface area contributed by atoms with Crippen LogP contribution >= 0.6 is 0 Å². The predicted octanol–water partition coefficient (Wildman–Crippen LogP) is 4.25. The van der Waals surface area contributed by atoms with Gasteiger partial charge in [-0.3, -0.25) is 0 Å². The Morgan fingerprint density at radius 1 is 0.875 bits per heavy atom. The second-order valence-corrected chi connectivity index (χ2v) is 5.16. The van der Waals surface area contributed by atoms with Crippen LogP contribution in [0.4, 0.5) is 0 Å². The van der Waals surface area contributed by atoms with Gasteiger partial charge in [0, 0.05) is 0 Å². The summed E-state index contributed by atoms with van der Waals surface area (Å²) in [5, 5.41) is 0. The molecule has 1 nitrogen and oxygen atoms in total. The van der Waals surface area contributed by atoms with E-state index in [4.69, 9.17) is 4.74 Å². The fraction of sp³-hybridized carbons (Fsp3) is 0.733. The molecule has 0 aromatic heterocycles. The summed E-state index contributed by atoms with van der Waals surface area (Å²) >= 11 is 0. The van der Waals surface area contributed by atoms with E-state index in [0.717, 1.165) is 5.92 Å². The largest absolute Gasteiger partial charge is 0.375 e. The molecule has 1 fully saturated rings. The van der Waals surface area contributed by atoms with Crippen LogP contribution in [-0.2, 0) is 4.74 Å². The molecule has 1 heteroatoms. The van der Waals surface area contributed by atoms with Gasteiger partial charge in [-0.25, -0.2) is 0 Å². The molecule has 0 N–H and O–H groups in total. The average molecular weight is 220 g/mol. The molecule has 0 spiro atoms. The molecule has 16 heavy (non-hydrogen) atoms. The molecule has 1 aliphatic heterocycles. The van der Waals surface area contributed by atoms with Crippen molar-refractivity contribution >= 4 is 0 Å². The molecule has 0 saturated carbocycles. The van der Waals surface area contributed by atoms with Crippen LogP contribution in [0.5, 0.6) is 0 Å². The number of ether oxygens (including phenoxy) is 1. The lowest BCUT2D eigenvalue weighted by Gasteiger charge is -2.17. The van der Waals surface area contributed by atoms with Crippen molar-refractivity contribution in [2.75, 3.05) is 0 Å². The van der Waals surface area contributed by atoms with Gasteiger partial charge in [0.2, 0.25) is 0 Å². The molecule has 0 aromatic rings. The van der Waals surface area contributed by atoms with E-state index >= 15 is 0 Å². The molecule has 2 aliphatic rings. The Kier molecular flexibility index (Phi) is 4.65. The fourth-order valence-electron chi connectivity index (χ4n) is 2.89. The van der Waals surface area contributed by atoms with Gasteiger partial charge >= 0.3 is 0 Å². The van der Waals surface area contributed by atoms with Gasteiger partial charge in [-0.15, -0.1) is 0 Å². The summed E-state index contributed by atoms with van der Waals surface area (Å²) in [4.78, 5) is 0. The standard InChI is InChI=1S/C15H24O/c1-13-12-14-10-8-6-4-2-3-5-7-9-11-15(14)16-13/h4-7,13-15H,2-3,8-12H2,1H3/b6-4-,7-5-. The first-order chi connectivity index (χ1) is 7.86. The Bertz CT molecular complexity index is 228. The summed E-state index contributed by atoms with van der Waals surface area (Å²) in [6, 6.07) is 0. The summed E-state index contributed by atoms with van der Waals surface area (Å²) in [6.07, 6.45) is 19.0. The highest BCUT2D eigenvalue weighted by Gasteiger charge is 2.31. The Labute approximate surface area is 99.6 Å². The Balaban J connectivity index is 1.92. The van der Waals surface area contributed by atoms with Crippen molar-refractivity contribution in [1.82, 2.24) is 0 Å². The van der Waals surface area contributed by atoms with Crippen LogP contribution < -0.4 is 0 Å². The maximum absolute atomic E-state index is 6.01. The van der Waals surface area contributed by atoms with E-state index in [1.54, 1.807) is 0 Å². The first kappa shape index (κ1) is 11.9. The SMILES string of the molecule is CC1CC2CC/C=C\CC/C=C\CCC2O1. The van der Waals surface area contributed by atoms with E-state index in [2.05, 4.69) is 31.2 Å². The summed E-state index contributed by atoms with van der Waals surface area (Å²) in [5.74, 6) is 0.799. The van der Waals surface area contributed by atoms with Gasteiger partial charge in [0.25, 0.3) is 0 Å². The lowest BCUT2D eigenvalue weighted by Crippen LogP contribution is -2.15. The summed E-state index contributed by atoms with van der Waals surface area (Å²) in [7, 11) is 0. The van der Waals surface area contributed by atoms with Crippen molar-refractivity contribution in [1.29, 1.82) is 0 Å². The number of rotatable bonds is 0. The van der Waals surface area contributed by atoms with Gasteiger partial charge < -0.3 is 4.74 Å². The topological polar surface area (TPSA) is 9.23 Å². The summed E-state index contributed by atoms with van der Waals surface area (Å²) in [6.45, 7) is 2.22. The second kappa shape index (κ2) is 6.24. The number of fused-ring (bicyclic) bond motifs is 1. The highest BCUT2D eigenvalue weighted by atomic mass is 16.5. The van der Waals surface area contributed by atoms with Crippen molar-refractivity contribution in [2.24, 2.45) is 5.92 Å². The van der Waals surface area contributed by atoms with Gasteiger partial charge in [0.15, 0.2) is 0 Å². The Morgan fingerprint density at radius 2 is 1.50 bits per heavy atom. The minimum Gasteiger partial charge on any atom is -0.375 e. The molecule has 2 rings (SSSR count). The molecule has 3 unspecified atom stereocenters. The number of hydrogen-bond acceptors (Lipinski definition) is 1. The van der Waals surface area contributed by atoms with Gasteiger partial charge in [-0.2, -0.15) is 0 Å². The highest BCUT2D eigenvalue weighted by molar-refractivity contribution is 4.92. The number of allylic oxidation sites excluding steroid dienone is 4. The van der Waals surface area contributed by atoms with Crippen LogP contribution in [0.1, 0.15) is 51.9 Å². The van der Waals surface area contributed by atoms with Crippen molar-refractivity contribution in [3.8, 4) is 0 Å². The quantitative estimate of drug-likeness (QED) is 0.555. The summed E-state index contributed by atoms with van der Waals surface area (Å²) < 4.78 is 6.01. The van der Waals surface area contributed by atoms with E-state index < -0.39 is 0 Å². The zero-order valence-electron chi connectivity index (χ0n) is 10.4. The van der Waals surface area contributed by atoms with Crippen LogP contribution in [0, 0.1) is 5.92 Å². The van der Waals surface area contributed by atoms with Gasteiger partial charge in [-0.1, -0.05) is 24.3 Å². The Hall–Kier alpha value is -0.560. The Morgan fingerprint density at radius 3 is 2.25 bits per heavy atom. The summed E-state index contributed by atoms with van der Waals surface area (Å²) in [5.41, 5.74) is 0. The van der Waals surface area contributed by atoms with Crippen LogP contribution in [0.25, 0.3) is 0 Å². The monoisotopic (exact) mass is 220 g/mol. The molecule has 0 bridgehead atoms. The first-order valence-electron chi connectivity index (χ1n) is 6.81. The molecule has 1 aliphatic carbocycles. The third-order valence-corrected chi connectivity index (χ3v) is 3.72. The molecular formula is C15H24O. The molecule has 0 aromatic carbocycles.